The predicted molar refractivity (Wildman–Crippen MR) is 156 cm³/mol. The number of aliphatic carboxylic acids is 2. The molecule has 0 aliphatic rings. The first-order chi connectivity index (χ1) is 21.1. The summed E-state index contributed by atoms with van der Waals surface area (Å²) < 4.78 is 5.10. The van der Waals surface area contributed by atoms with Crippen molar-refractivity contribution in [3.63, 3.8) is 0 Å². The molecule has 0 aliphatic heterocycles. The van der Waals surface area contributed by atoms with E-state index in [0.29, 0.717) is 22.5 Å². The van der Waals surface area contributed by atoms with E-state index in [1.807, 2.05) is 18.2 Å². The zero-order chi connectivity index (χ0) is 31.7. The van der Waals surface area contributed by atoms with Gasteiger partial charge < -0.3 is 35.9 Å². The molecular weight excluding hydrogens is 572 g/mol. The maximum atomic E-state index is 13.4. The normalized spacial score (nSPS) is 12.1. The quantitative estimate of drug-likeness (QED) is 0.0968. The van der Waals surface area contributed by atoms with Crippen molar-refractivity contribution >= 4 is 40.9 Å². The minimum absolute atomic E-state index is 0.00509. The lowest BCUT2D eigenvalue weighted by molar-refractivity contribution is -0.142. The van der Waals surface area contributed by atoms with Crippen LogP contribution in [-0.2, 0) is 34.0 Å². The number of imidazole rings is 1. The van der Waals surface area contributed by atoms with Crippen molar-refractivity contribution in [2.24, 2.45) is 5.73 Å². The number of carboxylic acids is 2. The van der Waals surface area contributed by atoms with Gasteiger partial charge in [-0.2, -0.15) is 0 Å². The SMILES string of the molecule is NCC(NC(=O)OCc1ccccc1)(C(=O)O)C(=O)c1ccc(CN(Cc2nc3ccccc3[nH]2)C(=O)NCC(=O)O)cc1. The molecule has 3 aromatic carbocycles. The molecule has 1 aromatic heterocycles. The lowest BCUT2D eigenvalue weighted by Gasteiger charge is -2.27. The Bertz CT molecular complexity index is 1620. The molecule has 0 aliphatic carbocycles. The summed E-state index contributed by atoms with van der Waals surface area (Å²) in [4.78, 5) is 70.9. The van der Waals surface area contributed by atoms with Crippen LogP contribution in [0.2, 0.25) is 0 Å². The molecule has 3 amide bonds. The number of hydrogen-bond acceptors (Lipinski definition) is 8. The van der Waals surface area contributed by atoms with Crippen molar-refractivity contribution in [2.75, 3.05) is 13.1 Å². The first kappa shape index (κ1) is 31.2. The van der Waals surface area contributed by atoms with Crippen molar-refractivity contribution in [1.29, 1.82) is 0 Å². The largest absolute Gasteiger partial charge is 0.480 e. The van der Waals surface area contributed by atoms with Gasteiger partial charge in [-0.15, -0.1) is 0 Å². The number of fused-ring (bicyclic) bond motifs is 1. The Hall–Kier alpha value is -5.76. The third-order valence-electron chi connectivity index (χ3n) is 6.63. The molecule has 0 saturated heterocycles. The Labute approximate surface area is 250 Å². The molecule has 4 rings (SSSR count). The van der Waals surface area contributed by atoms with Crippen molar-refractivity contribution in [3.05, 3.63) is 101 Å². The van der Waals surface area contributed by atoms with Crippen LogP contribution < -0.4 is 16.4 Å². The number of carbonyl (C=O) groups is 5. The van der Waals surface area contributed by atoms with Crippen molar-refractivity contribution in [1.82, 2.24) is 25.5 Å². The van der Waals surface area contributed by atoms with Gasteiger partial charge in [0.05, 0.1) is 17.6 Å². The van der Waals surface area contributed by atoms with Crippen LogP contribution in [0.15, 0.2) is 78.9 Å². The molecule has 14 heteroatoms. The predicted octanol–water partition coefficient (Wildman–Crippen LogP) is 2.25. The summed E-state index contributed by atoms with van der Waals surface area (Å²) >= 11 is 0. The highest BCUT2D eigenvalue weighted by atomic mass is 16.5. The van der Waals surface area contributed by atoms with E-state index < -0.39 is 48.5 Å². The van der Waals surface area contributed by atoms with Gasteiger partial charge in [0.1, 0.15) is 19.0 Å². The standard InChI is InChI=1S/C30H30N6O8/c31-18-30(27(40)41,35-29(43)44-17-20-6-2-1-3-7-20)26(39)21-12-10-19(11-13-21)15-36(28(42)32-14-25(37)38)16-24-33-22-8-4-5-9-23(22)34-24/h1-13H,14-18,31H2,(H,32,42)(H,33,34)(H,35,43)(H,37,38)(H,40,41). The minimum Gasteiger partial charge on any atom is -0.480 e. The molecule has 4 aromatic rings. The Morgan fingerprint density at radius 3 is 2.20 bits per heavy atom. The maximum absolute atomic E-state index is 13.4. The molecule has 1 atom stereocenters. The molecule has 1 heterocycles. The van der Waals surface area contributed by atoms with E-state index in [-0.39, 0.29) is 25.3 Å². The number of alkyl carbamates (subject to hydrolysis) is 1. The topological polar surface area (TPSA) is 217 Å². The van der Waals surface area contributed by atoms with E-state index >= 15 is 0 Å². The number of amides is 3. The van der Waals surface area contributed by atoms with E-state index in [9.17, 15) is 29.1 Å². The number of para-hydroxylation sites is 2. The number of ketones is 1. The Morgan fingerprint density at radius 2 is 1.57 bits per heavy atom. The third kappa shape index (κ3) is 7.54. The van der Waals surface area contributed by atoms with Gasteiger partial charge in [0.15, 0.2) is 0 Å². The fraction of sp³-hybridized carbons (Fsp3) is 0.200. The molecule has 14 nitrogen and oxygen atoms in total. The van der Waals surface area contributed by atoms with E-state index in [2.05, 4.69) is 20.6 Å². The number of nitrogens with zero attached hydrogens (tertiary/aromatic N) is 2. The first-order valence-electron chi connectivity index (χ1n) is 13.4. The molecule has 0 fully saturated rings. The fourth-order valence-corrected chi connectivity index (χ4v) is 4.32. The van der Waals surface area contributed by atoms with E-state index in [4.69, 9.17) is 15.6 Å². The number of aromatic nitrogens is 2. The van der Waals surface area contributed by atoms with Gasteiger partial charge in [0.25, 0.3) is 0 Å². The number of urea groups is 1. The molecule has 1 unspecified atom stereocenters. The number of rotatable bonds is 13. The van der Waals surface area contributed by atoms with Gasteiger partial charge in [-0.05, 0) is 23.3 Å². The van der Waals surface area contributed by atoms with Gasteiger partial charge >= 0.3 is 24.1 Å². The number of nitrogens with one attached hydrogen (secondary N) is 3. The molecule has 0 saturated carbocycles. The minimum atomic E-state index is -2.50. The van der Waals surface area contributed by atoms with Crippen LogP contribution in [0, 0.1) is 0 Å². The van der Waals surface area contributed by atoms with Crippen molar-refractivity contribution < 1.29 is 38.9 Å². The van der Waals surface area contributed by atoms with Crippen LogP contribution in [-0.4, -0.2) is 73.6 Å². The summed E-state index contributed by atoms with van der Waals surface area (Å²) in [6.45, 7) is -1.51. The van der Waals surface area contributed by atoms with E-state index in [1.165, 1.54) is 29.2 Å². The van der Waals surface area contributed by atoms with E-state index in [1.54, 1.807) is 36.4 Å². The molecule has 0 bridgehead atoms. The molecule has 44 heavy (non-hydrogen) atoms. The summed E-state index contributed by atoms with van der Waals surface area (Å²) in [5.41, 5.74) is 5.78. The van der Waals surface area contributed by atoms with Crippen LogP contribution in [0.5, 0.6) is 0 Å². The lowest BCUT2D eigenvalue weighted by atomic mass is 9.89. The zero-order valence-electron chi connectivity index (χ0n) is 23.4. The number of carbonyl (C=O) groups excluding carboxylic acids is 3. The van der Waals surface area contributed by atoms with Gasteiger partial charge in [0.2, 0.25) is 11.3 Å². The van der Waals surface area contributed by atoms with Gasteiger partial charge in [0, 0.05) is 18.7 Å². The first-order valence-corrected chi connectivity index (χ1v) is 13.4. The number of H-pyrrole nitrogens is 1. The monoisotopic (exact) mass is 602 g/mol. The summed E-state index contributed by atoms with van der Waals surface area (Å²) in [6, 6.07) is 21.0. The van der Waals surface area contributed by atoms with Gasteiger partial charge in [-0.1, -0.05) is 66.7 Å². The van der Waals surface area contributed by atoms with Gasteiger partial charge in [-0.25, -0.2) is 19.4 Å². The second-order valence-corrected chi connectivity index (χ2v) is 9.74. The van der Waals surface area contributed by atoms with Crippen LogP contribution in [0.1, 0.15) is 27.3 Å². The highest BCUT2D eigenvalue weighted by Gasteiger charge is 2.47. The number of ether oxygens (including phenoxy) is 1. The average Bonchev–Trinajstić information content (AvgIpc) is 3.44. The highest BCUT2D eigenvalue weighted by molar-refractivity contribution is 6.17. The molecule has 0 radical (unpaired) electrons. The second-order valence-electron chi connectivity index (χ2n) is 9.74. The van der Waals surface area contributed by atoms with Crippen molar-refractivity contribution in [3.8, 4) is 0 Å². The van der Waals surface area contributed by atoms with Crippen molar-refractivity contribution in [2.45, 2.75) is 25.2 Å². The maximum Gasteiger partial charge on any atom is 0.408 e. The lowest BCUT2D eigenvalue weighted by Crippen LogP contribution is -2.64. The smallest absolute Gasteiger partial charge is 0.408 e. The highest BCUT2D eigenvalue weighted by Crippen LogP contribution is 2.18. The number of Topliss-reactive ketones (excluding diaryl/α,β-unsaturated/α-hetero) is 1. The van der Waals surface area contributed by atoms with Gasteiger partial charge in [-0.3, -0.25) is 14.9 Å². The summed E-state index contributed by atoms with van der Waals surface area (Å²) in [7, 11) is 0. The van der Waals surface area contributed by atoms with E-state index in [0.717, 1.165) is 5.52 Å². The Kier molecular flexibility index (Phi) is 9.88. The average molecular weight is 603 g/mol. The number of hydrogen-bond donors (Lipinski definition) is 6. The fourth-order valence-electron chi connectivity index (χ4n) is 4.32. The molecule has 7 N–H and O–H groups in total. The zero-order valence-corrected chi connectivity index (χ0v) is 23.4. The number of carboxylic acid groups (broad SMARTS) is 2. The molecule has 0 spiro atoms. The molecule has 228 valence electrons. The molecular formula is C30H30N6O8. The summed E-state index contributed by atoms with van der Waals surface area (Å²) in [5, 5.41) is 23.4. The Balaban J connectivity index is 1.49. The van der Waals surface area contributed by atoms with Crippen LogP contribution in [0.25, 0.3) is 11.0 Å². The number of benzene rings is 3. The summed E-state index contributed by atoms with van der Waals surface area (Å²) in [5.74, 6) is -3.40. The Morgan fingerprint density at radius 1 is 0.886 bits per heavy atom. The number of nitrogens with two attached hydrogens (primary N) is 1. The van der Waals surface area contributed by atoms with Crippen LogP contribution in [0.4, 0.5) is 9.59 Å². The van der Waals surface area contributed by atoms with Crippen LogP contribution in [0.3, 0.4) is 0 Å². The number of aromatic amines is 1. The van der Waals surface area contributed by atoms with Crippen LogP contribution >= 0.6 is 0 Å². The second kappa shape index (κ2) is 13.9. The third-order valence-corrected chi connectivity index (χ3v) is 6.63. The summed E-state index contributed by atoms with van der Waals surface area (Å²) in [6.07, 6.45) is -1.14.